The Morgan fingerprint density at radius 1 is 1.33 bits per heavy atom. The second-order valence-electron chi connectivity index (χ2n) is 4.92. The monoisotopic (exact) mass is 306 g/mol. The van der Waals surface area contributed by atoms with Crippen molar-refractivity contribution in [1.29, 1.82) is 0 Å². The van der Waals surface area contributed by atoms with Crippen molar-refractivity contribution < 1.29 is 0 Å². The highest BCUT2D eigenvalue weighted by Crippen LogP contribution is 2.23. The standard InChI is InChI=1S/C14H18N4O2S/c1-6-7-18-10-11(15-13(18)21-8-9(2)3)16(4)14(20)17(5)12(10)19/h6H,1-2,7-8H2,3-5H3. The Bertz CT molecular complexity index is 841. The summed E-state index contributed by atoms with van der Waals surface area (Å²) in [5.41, 5.74) is 1.11. The third-order valence-corrected chi connectivity index (χ3v) is 4.28. The van der Waals surface area contributed by atoms with Crippen LogP contribution in [0.5, 0.6) is 0 Å². The molecule has 0 aliphatic heterocycles. The summed E-state index contributed by atoms with van der Waals surface area (Å²) in [5.74, 6) is 0.703. The maximum Gasteiger partial charge on any atom is 0.332 e. The minimum atomic E-state index is -0.382. The van der Waals surface area contributed by atoms with Crippen LogP contribution < -0.4 is 11.2 Å². The van der Waals surface area contributed by atoms with Gasteiger partial charge < -0.3 is 4.57 Å². The van der Waals surface area contributed by atoms with Crippen molar-refractivity contribution >= 4 is 22.9 Å². The minimum absolute atomic E-state index is 0.343. The Hall–Kier alpha value is -2.02. The molecule has 6 nitrogen and oxygen atoms in total. The summed E-state index contributed by atoms with van der Waals surface area (Å²) in [7, 11) is 3.08. The zero-order valence-corrected chi connectivity index (χ0v) is 13.2. The van der Waals surface area contributed by atoms with Crippen molar-refractivity contribution in [2.75, 3.05) is 5.75 Å². The van der Waals surface area contributed by atoms with E-state index < -0.39 is 0 Å². The van der Waals surface area contributed by atoms with E-state index in [2.05, 4.69) is 18.1 Å². The lowest BCUT2D eigenvalue weighted by Gasteiger charge is -2.06. The summed E-state index contributed by atoms with van der Waals surface area (Å²) in [6.07, 6.45) is 1.70. The van der Waals surface area contributed by atoms with Gasteiger partial charge in [0.25, 0.3) is 5.56 Å². The summed E-state index contributed by atoms with van der Waals surface area (Å²) in [6, 6.07) is 0. The second-order valence-corrected chi connectivity index (χ2v) is 5.86. The third-order valence-electron chi connectivity index (χ3n) is 3.07. The van der Waals surface area contributed by atoms with Crippen LogP contribution >= 0.6 is 11.8 Å². The molecular weight excluding hydrogens is 288 g/mol. The molecule has 7 heteroatoms. The second kappa shape index (κ2) is 5.77. The van der Waals surface area contributed by atoms with Crippen molar-refractivity contribution in [2.24, 2.45) is 14.1 Å². The van der Waals surface area contributed by atoms with Crippen molar-refractivity contribution in [3.63, 3.8) is 0 Å². The molecule has 0 aromatic carbocycles. The molecule has 112 valence electrons. The maximum atomic E-state index is 12.4. The number of fused-ring (bicyclic) bond motifs is 1. The molecule has 0 amide bonds. The van der Waals surface area contributed by atoms with Gasteiger partial charge in [0.1, 0.15) is 0 Å². The number of rotatable bonds is 5. The predicted molar refractivity (Wildman–Crippen MR) is 86.0 cm³/mol. The Morgan fingerprint density at radius 3 is 2.57 bits per heavy atom. The average Bonchev–Trinajstić information content (AvgIpc) is 2.80. The Balaban J connectivity index is 2.79. The number of hydrogen-bond donors (Lipinski definition) is 0. The minimum Gasteiger partial charge on any atom is -0.309 e. The normalized spacial score (nSPS) is 11.0. The number of allylic oxidation sites excluding steroid dienone is 1. The molecule has 0 saturated heterocycles. The summed E-state index contributed by atoms with van der Waals surface area (Å²) in [5, 5.41) is 0.686. The van der Waals surface area contributed by atoms with Gasteiger partial charge in [-0.25, -0.2) is 9.78 Å². The van der Waals surface area contributed by atoms with Gasteiger partial charge >= 0.3 is 5.69 Å². The third kappa shape index (κ3) is 2.61. The van der Waals surface area contributed by atoms with Crippen LogP contribution in [0.2, 0.25) is 0 Å². The van der Waals surface area contributed by atoms with Crippen LogP contribution in [0.15, 0.2) is 39.6 Å². The van der Waals surface area contributed by atoms with E-state index in [-0.39, 0.29) is 11.2 Å². The summed E-state index contributed by atoms with van der Waals surface area (Å²) in [4.78, 5) is 28.8. The number of nitrogens with zero attached hydrogens (tertiary/aromatic N) is 4. The molecule has 0 N–H and O–H groups in total. The van der Waals surface area contributed by atoms with Crippen LogP contribution in [-0.2, 0) is 20.6 Å². The first kappa shape index (κ1) is 15.4. The molecule has 2 heterocycles. The van der Waals surface area contributed by atoms with Gasteiger partial charge in [0.15, 0.2) is 16.3 Å². The summed E-state index contributed by atoms with van der Waals surface area (Å²) >= 11 is 1.49. The van der Waals surface area contributed by atoms with Gasteiger partial charge in [-0.1, -0.05) is 30.0 Å². The summed E-state index contributed by atoms with van der Waals surface area (Å²) in [6.45, 7) is 9.98. The SMILES string of the molecule is C=CCn1c(SCC(=C)C)nc2c1c(=O)n(C)c(=O)n2C. The summed E-state index contributed by atoms with van der Waals surface area (Å²) < 4.78 is 4.27. The quantitative estimate of drug-likeness (QED) is 0.617. The highest BCUT2D eigenvalue weighted by molar-refractivity contribution is 7.99. The topological polar surface area (TPSA) is 61.8 Å². The van der Waals surface area contributed by atoms with Gasteiger partial charge in [0.2, 0.25) is 0 Å². The van der Waals surface area contributed by atoms with Crippen LogP contribution in [0.4, 0.5) is 0 Å². The van der Waals surface area contributed by atoms with Crippen molar-refractivity contribution in [3.8, 4) is 0 Å². The molecule has 0 radical (unpaired) electrons. The highest BCUT2D eigenvalue weighted by atomic mass is 32.2. The lowest BCUT2D eigenvalue weighted by Crippen LogP contribution is -2.37. The highest BCUT2D eigenvalue weighted by Gasteiger charge is 2.18. The van der Waals surface area contributed by atoms with Gasteiger partial charge in [0.05, 0.1) is 0 Å². The molecule has 21 heavy (non-hydrogen) atoms. The molecule has 0 bridgehead atoms. The van der Waals surface area contributed by atoms with Crippen LogP contribution in [0.25, 0.3) is 11.2 Å². The van der Waals surface area contributed by atoms with E-state index in [9.17, 15) is 9.59 Å². The zero-order chi connectivity index (χ0) is 15.7. The predicted octanol–water partition coefficient (Wildman–Crippen LogP) is 1.29. The van der Waals surface area contributed by atoms with Crippen LogP contribution in [-0.4, -0.2) is 24.4 Å². The zero-order valence-electron chi connectivity index (χ0n) is 12.4. The van der Waals surface area contributed by atoms with E-state index in [4.69, 9.17) is 0 Å². The molecule has 0 fully saturated rings. The van der Waals surface area contributed by atoms with E-state index in [1.54, 1.807) is 17.7 Å². The maximum absolute atomic E-state index is 12.4. The lowest BCUT2D eigenvalue weighted by atomic mass is 10.4. The number of hydrogen-bond acceptors (Lipinski definition) is 4. The van der Waals surface area contributed by atoms with Crippen LogP contribution in [0, 0.1) is 0 Å². The van der Waals surface area contributed by atoms with E-state index >= 15 is 0 Å². The van der Waals surface area contributed by atoms with E-state index in [0.29, 0.717) is 28.6 Å². The number of aryl methyl sites for hydroxylation is 1. The molecule has 0 spiro atoms. The molecule has 0 atom stereocenters. The smallest absolute Gasteiger partial charge is 0.309 e. The van der Waals surface area contributed by atoms with Gasteiger partial charge in [-0.2, -0.15) is 0 Å². The molecule has 0 saturated carbocycles. The van der Waals surface area contributed by atoms with Gasteiger partial charge in [0, 0.05) is 26.4 Å². The van der Waals surface area contributed by atoms with Crippen LogP contribution in [0.1, 0.15) is 6.92 Å². The van der Waals surface area contributed by atoms with Crippen LogP contribution in [0.3, 0.4) is 0 Å². The molecule has 2 aromatic heterocycles. The molecule has 2 rings (SSSR count). The molecule has 0 unspecified atom stereocenters. The van der Waals surface area contributed by atoms with Gasteiger partial charge in [-0.05, 0) is 6.92 Å². The first-order valence-corrected chi connectivity index (χ1v) is 7.41. The van der Waals surface area contributed by atoms with Crippen molar-refractivity contribution in [3.05, 3.63) is 45.6 Å². The fourth-order valence-electron chi connectivity index (χ4n) is 2.02. The largest absolute Gasteiger partial charge is 0.332 e. The van der Waals surface area contributed by atoms with E-state index in [0.717, 1.165) is 10.1 Å². The fourth-order valence-corrected chi connectivity index (χ4v) is 2.87. The van der Waals surface area contributed by atoms with Crippen molar-refractivity contribution in [1.82, 2.24) is 18.7 Å². The van der Waals surface area contributed by atoms with E-state index in [1.165, 1.54) is 23.4 Å². The number of aromatic nitrogens is 4. The molecular formula is C14H18N4O2S. The number of thioether (sulfide) groups is 1. The molecule has 0 aliphatic carbocycles. The molecule has 0 aliphatic rings. The van der Waals surface area contributed by atoms with Gasteiger partial charge in [-0.3, -0.25) is 13.9 Å². The first-order valence-electron chi connectivity index (χ1n) is 6.42. The van der Waals surface area contributed by atoms with Crippen molar-refractivity contribution in [2.45, 2.75) is 18.6 Å². The average molecular weight is 306 g/mol. The number of imidazole rings is 1. The van der Waals surface area contributed by atoms with E-state index in [1.807, 2.05) is 6.92 Å². The lowest BCUT2D eigenvalue weighted by molar-refractivity contribution is 0.700. The first-order chi connectivity index (χ1) is 9.88. The Kier molecular flexibility index (Phi) is 4.22. The Labute approximate surface area is 126 Å². The fraction of sp³-hybridized carbons (Fsp3) is 0.357. The molecule has 2 aromatic rings. The van der Waals surface area contributed by atoms with Gasteiger partial charge in [-0.15, -0.1) is 6.58 Å². The Morgan fingerprint density at radius 2 is 2.00 bits per heavy atom.